The zero-order valence-electron chi connectivity index (χ0n) is 12.0. The first-order valence-corrected chi connectivity index (χ1v) is 8.13. The highest BCUT2D eigenvalue weighted by Crippen LogP contribution is 2.27. The summed E-state index contributed by atoms with van der Waals surface area (Å²) in [4.78, 5) is 4.73. The number of nitrogens with zero attached hydrogens (tertiary/aromatic N) is 2. The molecule has 0 spiro atoms. The highest BCUT2D eigenvalue weighted by atomic mass is 32.2. The number of nitrogens with two attached hydrogens (primary N) is 1. The van der Waals surface area contributed by atoms with Crippen molar-refractivity contribution in [1.29, 1.82) is 0 Å². The third kappa shape index (κ3) is 3.14. The van der Waals surface area contributed by atoms with Gasteiger partial charge in [-0.15, -0.1) is 0 Å². The van der Waals surface area contributed by atoms with Crippen LogP contribution in [0.4, 0.5) is 0 Å². The van der Waals surface area contributed by atoms with Gasteiger partial charge in [0.1, 0.15) is 16.4 Å². The Labute approximate surface area is 128 Å². The lowest BCUT2D eigenvalue weighted by atomic mass is 10.1. The zero-order chi connectivity index (χ0) is 14.7. The van der Waals surface area contributed by atoms with Crippen LogP contribution in [0, 0.1) is 0 Å². The van der Waals surface area contributed by atoms with E-state index in [9.17, 15) is 0 Å². The summed E-state index contributed by atoms with van der Waals surface area (Å²) in [5, 5.41) is 1.04. The van der Waals surface area contributed by atoms with E-state index >= 15 is 0 Å². The number of thioether (sulfide) groups is 1. The van der Waals surface area contributed by atoms with Gasteiger partial charge in [0.15, 0.2) is 0 Å². The number of fused-ring (bicyclic) bond motifs is 1. The molecule has 5 heteroatoms. The number of rotatable bonds is 6. The van der Waals surface area contributed by atoms with Crippen molar-refractivity contribution in [2.45, 2.75) is 36.6 Å². The molecule has 0 aromatic carbocycles. The molecule has 4 nitrogen and oxygen atoms in total. The van der Waals surface area contributed by atoms with Crippen LogP contribution in [0.15, 0.2) is 52.2 Å². The van der Waals surface area contributed by atoms with Crippen molar-refractivity contribution in [3.8, 4) is 0 Å². The average Bonchev–Trinajstić information content (AvgIpc) is 3.13. The average molecular weight is 301 g/mol. The predicted octanol–water partition coefficient (Wildman–Crippen LogP) is 3.50. The van der Waals surface area contributed by atoms with Gasteiger partial charge in [0.25, 0.3) is 0 Å². The van der Waals surface area contributed by atoms with Gasteiger partial charge in [-0.25, -0.2) is 4.98 Å². The van der Waals surface area contributed by atoms with Gasteiger partial charge in [0.2, 0.25) is 0 Å². The number of furan rings is 1. The second-order valence-electron chi connectivity index (χ2n) is 5.03. The van der Waals surface area contributed by atoms with Crippen LogP contribution in [0.1, 0.15) is 24.8 Å². The van der Waals surface area contributed by atoms with Gasteiger partial charge in [-0.2, -0.15) is 0 Å². The van der Waals surface area contributed by atoms with Crippen molar-refractivity contribution in [1.82, 2.24) is 9.38 Å². The molecular formula is C16H19N3OS. The van der Waals surface area contributed by atoms with Crippen molar-refractivity contribution < 1.29 is 4.42 Å². The maximum atomic E-state index is 6.15. The molecule has 3 rings (SSSR count). The van der Waals surface area contributed by atoms with Crippen LogP contribution >= 0.6 is 11.8 Å². The molecule has 0 fully saturated rings. The van der Waals surface area contributed by atoms with E-state index < -0.39 is 0 Å². The van der Waals surface area contributed by atoms with Gasteiger partial charge in [0, 0.05) is 18.7 Å². The fourth-order valence-corrected chi connectivity index (χ4v) is 3.20. The van der Waals surface area contributed by atoms with E-state index in [2.05, 4.69) is 17.5 Å². The van der Waals surface area contributed by atoms with Crippen LogP contribution in [0.25, 0.3) is 5.65 Å². The molecule has 0 saturated heterocycles. The van der Waals surface area contributed by atoms with E-state index in [0.717, 1.165) is 35.0 Å². The van der Waals surface area contributed by atoms with Gasteiger partial charge in [0.05, 0.1) is 17.7 Å². The first-order chi connectivity index (χ1) is 10.3. The SMILES string of the molecule is CCC(N)Cc1c(SCc2ccco2)nc2ccccn12. The quantitative estimate of drug-likeness (QED) is 0.708. The Bertz CT molecular complexity index is 705. The molecule has 1 unspecified atom stereocenters. The van der Waals surface area contributed by atoms with E-state index in [1.54, 1.807) is 18.0 Å². The smallest absolute Gasteiger partial charge is 0.138 e. The highest BCUT2D eigenvalue weighted by molar-refractivity contribution is 7.98. The molecule has 0 aliphatic rings. The monoisotopic (exact) mass is 301 g/mol. The topological polar surface area (TPSA) is 56.5 Å². The van der Waals surface area contributed by atoms with E-state index in [4.69, 9.17) is 15.1 Å². The molecule has 0 amide bonds. The third-order valence-corrected chi connectivity index (χ3v) is 4.53. The normalized spacial score (nSPS) is 12.9. The lowest BCUT2D eigenvalue weighted by Gasteiger charge is -2.10. The summed E-state index contributed by atoms with van der Waals surface area (Å²) in [6, 6.07) is 10.1. The first-order valence-electron chi connectivity index (χ1n) is 7.14. The standard InChI is InChI=1S/C16H19N3OS/c1-2-12(17)10-14-16(21-11-13-6-5-9-20-13)18-15-7-3-4-8-19(14)15/h3-9,12H,2,10-11,17H2,1H3. The van der Waals surface area contributed by atoms with Gasteiger partial charge in [-0.3, -0.25) is 0 Å². The van der Waals surface area contributed by atoms with Gasteiger partial charge >= 0.3 is 0 Å². The predicted molar refractivity (Wildman–Crippen MR) is 85.4 cm³/mol. The van der Waals surface area contributed by atoms with Crippen molar-refractivity contribution in [2.75, 3.05) is 0 Å². The summed E-state index contributed by atoms with van der Waals surface area (Å²) in [7, 11) is 0. The highest BCUT2D eigenvalue weighted by Gasteiger charge is 2.15. The lowest BCUT2D eigenvalue weighted by molar-refractivity contribution is 0.530. The number of hydrogen-bond acceptors (Lipinski definition) is 4. The molecule has 3 heterocycles. The lowest BCUT2D eigenvalue weighted by Crippen LogP contribution is -2.22. The van der Waals surface area contributed by atoms with Crippen LogP contribution in [-0.4, -0.2) is 15.4 Å². The Morgan fingerprint density at radius 3 is 3.00 bits per heavy atom. The molecule has 0 radical (unpaired) electrons. The largest absolute Gasteiger partial charge is 0.468 e. The van der Waals surface area contributed by atoms with Crippen molar-refractivity contribution in [3.63, 3.8) is 0 Å². The van der Waals surface area contributed by atoms with Gasteiger partial charge < -0.3 is 14.6 Å². The van der Waals surface area contributed by atoms with Gasteiger partial charge in [-0.05, 0) is 30.7 Å². The van der Waals surface area contributed by atoms with Gasteiger partial charge in [-0.1, -0.05) is 24.8 Å². The van der Waals surface area contributed by atoms with E-state index in [1.165, 1.54) is 5.69 Å². The number of imidazole rings is 1. The molecule has 2 N–H and O–H groups in total. The summed E-state index contributed by atoms with van der Waals surface area (Å²) >= 11 is 1.70. The maximum Gasteiger partial charge on any atom is 0.138 e. The number of hydrogen-bond donors (Lipinski definition) is 1. The minimum Gasteiger partial charge on any atom is -0.468 e. The van der Waals surface area contributed by atoms with Crippen molar-refractivity contribution in [2.24, 2.45) is 5.73 Å². The summed E-state index contributed by atoms with van der Waals surface area (Å²) in [6.07, 6.45) is 5.55. The molecule has 0 saturated carbocycles. The summed E-state index contributed by atoms with van der Waals surface area (Å²) in [5.41, 5.74) is 8.31. The fourth-order valence-electron chi connectivity index (χ4n) is 2.25. The van der Waals surface area contributed by atoms with Crippen LogP contribution in [0.3, 0.4) is 0 Å². The number of aromatic nitrogens is 2. The fraction of sp³-hybridized carbons (Fsp3) is 0.312. The molecule has 3 aromatic rings. The van der Waals surface area contributed by atoms with Crippen LogP contribution in [0.2, 0.25) is 0 Å². The third-order valence-electron chi connectivity index (χ3n) is 3.50. The van der Waals surface area contributed by atoms with Crippen LogP contribution in [0.5, 0.6) is 0 Å². The summed E-state index contributed by atoms with van der Waals surface area (Å²) in [6.45, 7) is 2.11. The molecule has 110 valence electrons. The Balaban J connectivity index is 1.90. The van der Waals surface area contributed by atoms with E-state index in [-0.39, 0.29) is 6.04 Å². The Morgan fingerprint density at radius 2 is 2.24 bits per heavy atom. The summed E-state index contributed by atoms with van der Waals surface area (Å²) < 4.78 is 7.53. The molecule has 0 bridgehead atoms. The van der Waals surface area contributed by atoms with E-state index in [0.29, 0.717) is 0 Å². The number of pyridine rings is 1. The second kappa shape index (κ2) is 6.37. The molecule has 3 aromatic heterocycles. The maximum absolute atomic E-state index is 6.15. The Kier molecular flexibility index (Phi) is 4.31. The summed E-state index contributed by atoms with van der Waals surface area (Å²) in [5.74, 6) is 1.74. The molecule has 0 aliphatic carbocycles. The molecule has 1 atom stereocenters. The van der Waals surface area contributed by atoms with E-state index in [1.807, 2.05) is 30.3 Å². The van der Waals surface area contributed by atoms with Crippen LogP contribution < -0.4 is 5.73 Å². The molecular weight excluding hydrogens is 282 g/mol. The van der Waals surface area contributed by atoms with Crippen molar-refractivity contribution in [3.05, 3.63) is 54.2 Å². The first kappa shape index (κ1) is 14.2. The second-order valence-corrected chi connectivity index (χ2v) is 6.00. The Morgan fingerprint density at radius 1 is 1.33 bits per heavy atom. The van der Waals surface area contributed by atoms with Crippen LogP contribution in [-0.2, 0) is 12.2 Å². The van der Waals surface area contributed by atoms with Crippen molar-refractivity contribution >= 4 is 17.4 Å². The molecule has 21 heavy (non-hydrogen) atoms. The minimum absolute atomic E-state index is 0.160. The minimum atomic E-state index is 0.160. The molecule has 0 aliphatic heterocycles. The zero-order valence-corrected chi connectivity index (χ0v) is 12.8. The Hall–Kier alpha value is -1.72.